The van der Waals surface area contributed by atoms with Crippen LogP contribution in [0.25, 0.3) is 0 Å². The number of aliphatic carboxylic acids is 1. The summed E-state index contributed by atoms with van der Waals surface area (Å²) >= 11 is 0. The van der Waals surface area contributed by atoms with Crippen LogP contribution in [0.1, 0.15) is 32.6 Å². The number of hydrogen-bond donors (Lipinski definition) is 2. The van der Waals surface area contributed by atoms with Crippen LogP contribution in [0.4, 0.5) is 0 Å². The summed E-state index contributed by atoms with van der Waals surface area (Å²) < 4.78 is 0. The van der Waals surface area contributed by atoms with Crippen molar-refractivity contribution in [1.29, 1.82) is 0 Å². The minimum Gasteiger partial charge on any atom is -0.481 e. The highest BCUT2D eigenvalue weighted by Gasteiger charge is 2.37. The molecule has 0 aromatic rings. The van der Waals surface area contributed by atoms with Crippen molar-refractivity contribution >= 4 is 11.9 Å². The van der Waals surface area contributed by atoms with Crippen molar-refractivity contribution < 1.29 is 14.7 Å². The lowest BCUT2D eigenvalue weighted by Crippen LogP contribution is -2.37. The molecule has 0 aromatic carbocycles. The highest BCUT2D eigenvalue weighted by atomic mass is 16.4. The normalized spacial score (nSPS) is 31.8. The number of carboxylic acid groups (broad SMARTS) is 1. The first-order valence-electron chi connectivity index (χ1n) is 6.82. The Kier molecular flexibility index (Phi) is 4.22. The van der Waals surface area contributed by atoms with Crippen LogP contribution in [0.15, 0.2) is 0 Å². The minimum absolute atomic E-state index is 0.123. The van der Waals surface area contributed by atoms with E-state index in [1.165, 1.54) is 0 Å². The van der Waals surface area contributed by atoms with Gasteiger partial charge in [0.05, 0.1) is 5.92 Å². The predicted octanol–water partition coefficient (Wildman–Crippen LogP) is 0.698. The standard InChI is InChI=1S/C13H22N2O3/c1-9-11(13(17)18)5-7-15(9)12(16)3-2-10-4-6-14-8-10/h9-11,14H,2-8H2,1H3,(H,17,18). The second-order valence-electron chi connectivity index (χ2n) is 5.46. The summed E-state index contributed by atoms with van der Waals surface area (Å²) in [4.78, 5) is 24.8. The van der Waals surface area contributed by atoms with Gasteiger partial charge in [-0.15, -0.1) is 0 Å². The van der Waals surface area contributed by atoms with Crippen molar-refractivity contribution in [3.05, 3.63) is 0 Å². The Morgan fingerprint density at radius 3 is 2.72 bits per heavy atom. The lowest BCUT2D eigenvalue weighted by atomic mass is 10.0. The molecular weight excluding hydrogens is 232 g/mol. The molecule has 2 aliphatic rings. The highest BCUT2D eigenvalue weighted by molar-refractivity contribution is 5.79. The Balaban J connectivity index is 1.80. The van der Waals surface area contributed by atoms with Crippen molar-refractivity contribution in [2.75, 3.05) is 19.6 Å². The second kappa shape index (κ2) is 5.69. The average molecular weight is 254 g/mol. The van der Waals surface area contributed by atoms with E-state index in [1.54, 1.807) is 4.90 Å². The number of carbonyl (C=O) groups excluding carboxylic acids is 1. The van der Waals surface area contributed by atoms with Crippen molar-refractivity contribution in [1.82, 2.24) is 10.2 Å². The molecule has 102 valence electrons. The van der Waals surface area contributed by atoms with E-state index >= 15 is 0 Å². The summed E-state index contributed by atoms with van der Waals surface area (Å²) in [6, 6.07) is -0.156. The molecule has 3 atom stereocenters. The van der Waals surface area contributed by atoms with Crippen LogP contribution in [-0.4, -0.2) is 47.6 Å². The van der Waals surface area contributed by atoms with E-state index in [2.05, 4.69) is 5.32 Å². The largest absolute Gasteiger partial charge is 0.481 e. The molecule has 0 aromatic heterocycles. The number of likely N-dealkylation sites (tertiary alicyclic amines) is 1. The van der Waals surface area contributed by atoms with Gasteiger partial charge in [-0.05, 0) is 45.2 Å². The summed E-state index contributed by atoms with van der Waals surface area (Å²) in [5, 5.41) is 12.3. The molecule has 1 amide bonds. The molecule has 2 aliphatic heterocycles. The van der Waals surface area contributed by atoms with Gasteiger partial charge in [0.2, 0.25) is 5.91 Å². The first-order valence-corrected chi connectivity index (χ1v) is 6.82. The van der Waals surface area contributed by atoms with Gasteiger partial charge in [0, 0.05) is 19.0 Å². The first-order chi connectivity index (χ1) is 8.59. The molecule has 0 radical (unpaired) electrons. The number of carboxylic acids is 1. The van der Waals surface area contributed by atoms with E-state index in [9.17, 15) is 9.59 Å². The Labute approximate surface area is 108 Å². The SMILES string of the molecule is CC1C(C(=O)O)CCN1C(=O)CCC1CCNC1. The topological polar surface area (TPSA) is 69.6 Å². The fraction of sp³-hybridized carbons (Fsp3) is 0.846. The number of nitrogens with one attached hydrogen (secondary N) is 1. The second-order valence-corrected chi connectivity index (χ2v) is 5.46. The monoisotopic (exact) mass is 254 g/mol. The van der Waals surface area contributed by atoms with Gasteiger partial charge < -0.3 is 15.3 Å². The predicted molar refractivity (Wildman–Crippen MR) is 67.1 cm³/mol. The summed E-state index contributed by atoms with van der Waals surface area (Å²) in [6.07, 6.45) is 3.23. The molecule has 2 N–H and O–H groups in total. The molecule has 5 nitrogen and oxygen atoms in total. The van der Waals surface area contributed by atoms with E-state index in [0.717, 1.165) is 25.9 Å². The van der Waals surface area contributed by atoms with Gasteiger partial charge in [-0.25, -0.2) is 0 Å². The summed E-state index contributed by atoms with van der Waals surface area (Å²) in [5.74, 6) is -0.430. The number of hydrogen-bond acceptors (Lipinski definition) is 3. The number of carbonyl (C=O) groups is 2. The Morgan fingerprint density at radius 1 is 1.39 bits per heavy atom. The molecule has 5 heteroatoms. The molecule has 2 saturated heterocycles. The smallest absolute Gasteiger partial charge is 0.308 e. The van der Waals surface area contributed by atoms with Crippen molar-refractivity contribution in [3.8, 4) is 0 Å². The number of rotatable bonds is 4. The Bertz CT molecular complexity index is 326. The molecule has 0 saturated carbocycles. The van der Waals surface area contributed by atoms with Crippen molar-refractivity contribution in [2.24, 2.45) is 11.8 Å². The summed E-state index contributed by atoms with van der Waals surface area (Å²) in [5.41, 5.74) is 0. The van der Waals surface area contributed by atoms with Crippen LogP contribution >= 0.6 is 0 Å². The highest BCUT2D eigenvalue weighted by Crippen LogP contribution is 2.26. The lowest BCUT2D eigenvalue weighted by molar-refractivity contribution is -0.143. The molecule has 2 heterocycles. The Morgan fingerprint density at radius 2 is 2.17 bits per heavy atom. The number of amides is 1. The van der Waals surface area contributed by atoms with Crippen LogP contribution in [0, 0.1) is 11.8 Å². The van der Waals surface area contributed by atoms with E-state index in [-0.39, 0.29) is 17.9 Å². The van der Waals surface area contributed by atoms with Gasteiger partial charge in [0.1, 0.15) is 0 Å². The summed E-state index contributed by atoms with van der Waals surface area (Å²) in [6.45, 7) is 4.52. The van der Waals surface area contributed by atoms with Gasteiger partial charge >= 0.3 is 5.97 Å². The fourth-order valence-corrected chi connectivity index (χ4v) is 3.05. The van der Waals surface area contributed by atoms with E-state index in [0.29, 0.717) is 25.3 Å². The average Bonchev–Trinajstić information content (AvgIpc) is 2.94. The van der Waals surface area contributed by atoms with Gasteiger partial charge in [0.15, 0.2) is 0 Å². The van der Waals surface area contributed by atoms with Crippen LogP contribution < -0.4 is 5.32 Å². The maximum absolute atomic E-state index is 12.1. The zero-order valence-corrected chi connectivity index (χ0v) is 10.9. The van der Waals surface area contributed by atoms with Crippen LogP contribution in [0.5, 0.6) is 0 Å². The van der Waals surface area contributed by atoms with Crippen LogP contribution in [0.2, 0.25) is 0 Å². The molecule has 2 rings (SSSR count). The van der Waals surface area contributed by atoms with E-state index in [1.807, 2.05) is 6.92 Å². The molecule has 0 aliphatic carbocycles. The third-order valence-corrected chi connectivity index (χ3v) is 4.32. The third kappa shape index (κ3) is 2.83. The van der Waals surface area contributed by atoms with Gasteiger partial charge in [-0.1, -0.05) is 0 Å². The lowest BCUT2D eigenvalue weighted by Gasteiger charge is -2.23. The molecule has 2 fully saturated rings. The molecular formula is C13H22N2O3. The van der Waals surface area contributed by atoms with E-state index < -0.39 is 5.97 Å². The minimum atomic E-state index is -0.780. The van der Waals surface area contributed by atoms with Crippen molar-refractivity contribution in [2.45, 2.75) is 38.6 Å². The zero-order valence-electron chi connectivity index (χ0n) is 10.9. The van der Waals surface area contributed by atoms with Gasteiger partial charge in [0.25, 0.3) is 0 Å². The quantitative estimate of drug-likeness (QED) is 0.774. The van der Waals surface area contributed by atoms with Gasteiger partial charge in [-0.3, -0.25) is 9.59 Å². The van der Waals surface area contributed by atoms with Crippen molar-refractivity contribution in [3.63, 3.8) is 0 Å². The summed E-state index contributed by atoms with van der Waals surface area (Å²) in [7, 11) is 0. The van der Waals surface area contributed by atoms with Crippen LogP contribution in [-0.2, 0) is 9.59 Å². The molecule has 3 unspecified atom stereocenters. The zero-order chi connectivity index (χ0) is 13.1. The fourth-order valence-electron chi connectivity index (χ4n) is 3.05. The molecule has 0 bridgehead atoms. The molecule has 0 spiro atoms. The Hall–Kier alpha value is -1.10. The van der Waals surface area contributed by atoms with Crippen LogP contribution in [0.3, 0.4) is 0 Å². The third-order valence-electron chi connectivity index (χ3n) is 4.32. The molecule has 18 heavy (non-hydrogen) atoms. The van der Waals surface area contributed by atoms with E-state index in [4.69, 9.17) is 5.11 Å². The maximum Gasteiger partial charge on any atom is 0.308 e. The maximum atomic E-state index is 12.1. The number of nitrogens with zero attached hydrogens (tertiary/aromatic N) is 1. The van der Waals surface area contributed by atoms with Gasteiger partial charge in [-0.2, -0.15) is 0 Å². The first kappa shape index (κ1) is 13.3.